The first-order chi connectivity index (χ1) is 20.7. The van der Waals surface area contributed by atoms with Gasteiger partial charge in [0.2, 0.25) is 0 Å². The van der Waals surface area contributed by atoms with Gasteiger partial charge in [-0.2, -0.15) is 0 Å². The minimum Gasteiger partial charge on any atom is -1.00 e. The van der Waals surface area contributed by atoms with Crippen molar-refractivity contribution >= 4 is 22.7 Å². The number of halogens is 2. The Bertz CT molecular complexity index is 1690. The Kier molecular flexibility index (Phi) is 12.7. The second-order valence-electron chi connectivity index (χ2n) is 11.2. The largest absolute Gasteiger partial charge is 4.00 e. The normalized spacial score (nSPS) is 17.3. The standard InChI is InChI=1S/2C20H17S.2ClH.Zr/c2*1-2-5-17-9-11-20(21-17)15-8-10-19-16(13-15)12-14-6-3-4-7-18(14)19;;;/h2*3-4,6-11,13,18H,2,5H2,1H3;2*1H;/q2*-1;;;+4/p-2. The number of hydrogen-bond donors (Lipinski definition) is 0. The van der Waals surface area contributed by atoms with Crippen molar-refractivity contribution in [3.05, 3.63) is 165 Å². The molecule has 0 spiro atoms. The average Bonchev–Trinajstić information content (AvgIpc) is 3.82. The number of rotatable bonds is 6. The molecule has 2 atom stereocenters. The summed E-state index contributed by atoms with van der Waals surface area (Å²) in [5.41, 5.74) is 10.5. The van der Waals surface area contributed by atoms with Crippen LogP contribution in [0.2, 0.25) is 0 Å². The summed E-state index contributed by atoms with van der Waals surface area (Å²) in [4.78, 5) is 5.70. The Morgan fingerprint density at radius 1 is 0.578 bits per heavy atom. The Balaban J connectivity index is 0.000000192. The third kappa shape index (κ3) is 7.50. The number of allylic oxidation sites excluding steroid dienone is 10. The molecule has 45 heavy (non-hydrogen) atoms. The quantitative estimate of drug-likeness (QED) is 0.235. The fraction of sp³-hybridized carbons (Fsp3) is 0.200. The predicted molar refractivity (Wildman–Crippen MR) is 181 cm³/mol. The molecule has 0 aliphatic heterocycles. The van der Waals surface area contributed by atoms with E-state index in [1.807, 2.05) is 22.7 Å². The molecule has 0 nitrogen and oxygen atoms in total. The van der Waals surface area contributed by atoms with Crippen molar-refractivity contribution in [3.8, 4) is 20.9 Å². The molecule has 4 aliphatic carbocycles. The minimum absolute atomic E-state index is 0. The molecule has 0 N–H and O–H groups in total. The Hall–Kier alpha value is -2.26. The van der Waals surface area contributed by atoms with E-state index in [4.69, 9.17) is 0 Å². The molecule has 0 saturated heterocycles. The van der Waals surface area contributed by atoms with Crippen molar-refractivity contribution < 1.29 is 51.0 Å². The van der Waals surface area contributed by atoms with Gasteiger partial charge in [-0.1, -0.05) is 86.4 Å². The van der Waals surface area contributed by atoms with Crippen molar-refractivity contribution in [3.63, 3.8) is 0 Å². The molecule has 0 amide bonds. The molecule has 5 heteroatoms. The number of hydrogen-bond acceptors (Lipinski definition) is 2. The van der Waals surface area contributed by atoms with Gasteiger partial charge in [-0.05, 0) is 48.9 Å². The zero-order chi connectivity index (χ0) is 28.5. The first-order valence-corrected chi connectivity index (χ1v) is 16.8. The zero-order valence-corrected chi connectivity index (χ0v) is 31.1. The van der Waals surface area contributed by atoms with E-state index >= 15 is 0 Å². The van der Waals surface area contributed by atoms with E-state index in [0.717, 1.165) is 0 Å². The van der Waals surface area contributed by atoms with E-state index in [9.17, 15) is 0 Å². The van der Waals surface area contributed by atoms with Gasteiger partial charge in [0.15, 0.2) is 0 Å². The van der Waals surface area contributed by atoms with Crippen LogP contribution in [0, 0.1) is 12.2 Å². The van der Waals surface area contributed by atoms with Crippen molar-refractivity contribution in [1.29, 1.82) is 0 Å². The average molecular weight is 741 g/mol. The first kappa shape index (κ1) is 35.6. The van der Waals surface area contributed by atoms with Gasteiger partial charge >= 0.3 is 26.2 Å². The van der Waals surface area contributed by atoms with E-state index in [-0.39, 0.29) is 51.0 Å². The SMILES string of the molecule is CCCc1ccc(-c2ccc3c(c2)[C-]=C2C=CC=CC23)s1.CCCc1ccc(-c2ccc3c(c2)[C-]=C2C=CC=CC23)s1.[Cl-].[Cl-].[Zr+4]. The number of aryl methyl sites for hydroxylation is 2. The Morgan fingerprint density at radius 3 is 1.44 bits per heavy atom. The summed E-state index contributed by atoms with van der Waals surface area (Å²) in [6, 6.07) is 22.7. The van der Waals surface area contributed by atoms with Crippen molar-refractivity contribution in [2.24, 2.45) is 0 Å². The minimum atomic E-state index is 0. The first-order valence-electron chi connectivity index (χ1n) is 15.1. The maximum atomic E-state index is 3.56. The molecule has 0 radical (unpaired) electrons. The Labute approximate surface area is 308 Å². The maximum Gasteiger partial charge on any atom is 4.00 e. The molecular weight excluding hydrogens is 707 g/mol. The van der Waals surface area contributed by atoms with Crippen LogP contribution in [-0.4, -0.2) is 0 Å². The summed E-state index contributed by atoms with van der Waals surface area (Å²) >= 11 is 3.84. The van der Waals surface area contributed by atoms with Crippen LogP contribution in [-0.2, 0) is 39.0 Å². The van der Waals surface area contributed by atoms with Gasteiger partial charge in [-0.15, -0.1) is 105 Å². The summed E-state index contributed by atoms with van der Waals surface area (Å²) < 4.78 is 0. The van der Waals surface area contributed by atoms with Crippen molar-refractivity contribution in [2.45, 2.75) is 51.4 Å². The fourth-order valence-electron chi connectivity index (χ4n) is 6.18. The molecule has 0 fully saturated rings. The van der Waals surface area contributed by atoms with Crippen LogP contribution in [0.15, 0.2) is 120 Å². The van der Waals surface area contributed by atoms with Gasteiger partial charge in [-0.25, -0.2) is 0 Å². The van der Waals surface area contributed by atoms with Crippen LogP contribution >= 0.6 is 22.7 Å². The van der Waals surface area contributed by atoms with Crippen LogP contribution in [0.1, 0.15) is 70.5 Å². The van der Waals surface area contributed by atoms with Gasteiger partial charge in [0.25, 0.3) is 0 Å². The third-order valence-electron chi connectivity index (χ3n) is 8.27. The summed E-state index contributed by atoms with van der Waals surface area (Å²) in [6.07, 6.45) is 29.3. The zero-order valence-electron chi connectivity index (χ0n) is 25.4. The van der Waals surface area contributed by atoms with E-state index in [0.29, 0.717) is 11.8 Å². The summed E-state index contributed by atoms with van der Waals surface area (Å²) in [5, 5.41) is 0. The van der Waals surface area contributed by atoms with Crippen LogP contribution in [0.3, 0.4) is 0 Å². The molecule has 4 aliphatic rings. The number of fused-ring (bicyclic) bond motifs is 6. The topological polar surface area (TPSA) is 0 Å². The van der Waals surface area contributed by atoms with Crippen molar-refractivity contribution in [2.75, 3.05) is 0 Å². The monoisotopic (exact) mass is 738 g/mol. The molecule has 2 heterocycles. The van der Waals surface area contributed by atoms with E-state index in [1.165, 1.54) is 89.7 Å². The predicted octanol–water partition coefficient (Wildman–Crippen LogP) is 5.34. The van der Waals surface area contributed by atoms with Crippen LogP contribution in [0.5, 0.6) is 0 Å². The Morgan fingerprint density at radius 2 is 1.02 bits per heavy atom. The number of thiophene rings is 2. The molecule has 2 aromatic heterocycles. The smallest absolute Gasteiger partial charge is 1.00 e. The summed E-state index contributed by atoms with van der Waals surface area (Å²) in [5.74, 6) is 0.830. The van der Waals surface area contributed by atoms with Gasteiger partial charge in [-0.3, -0.25) is 0 Å². The van der Waals surface area contributed by atoms with Gasteiger partial charge in [0.1, 0.15) is 0 Å². The molecule has 0 bridgehead atoms. The van der Waals surface area contributed by atoms with E-state index in [1.54, 1.807) is 0 Å². The van der Waals surface area contributed by atoms with Gasteiger partial charge < -0.3 is 24.8 Å². The fourth-order valence-corrected chi connectivity index (χ4v) is 8.39. The second-order valence-corrected chi connectivity index (χ2v) is 13.6. The van der Waals surface area contributed by atoms with E-state index < -0.39 is 0 Å². The maximum absolute atomic E-state index is 3.56. The summed E-state index contributed by atoms with van der Waals surface area (Å²) in [6.45, 7) is 4.47. The second kappa shape index (κ2) is 16.0. The van der Waals surface area contributed by atoms with Gasteiger partial charge in [0, 0.05) is 19.5 Å². The molecule has 4 aromatic rings. The van der Waals surface area contributed by atoms with Crippen LogP contribution in [0.4, 0.5) is 0 Å². The molecule has 0 saturated carbocycles. The molecule has 8 rings (SSSR count). The van der Waals surface area contributed by atoms with E-state index in [2.05, 4.69) is 135 Å². The number of benzene rings is 2. The van der Waals surface area contributed by atoms with Crippen molar-refractivity contribution in [1.82, 2.24) is 0 Å². The third-order valence-corrected chi connectivity index (χ3v) is 10.7. The molecule has 2 unspecified atom stereocenters. The molecule has 2 aromatic carbocycles. The van der Waals surface area contributed by atoms with Gasteiger partial charge in [0.05, 0.1) is 0 Å². The molecule has 224 valence electrons. The molecular formula is C40H34Cl2S2Zr. The van der Waals surface area contributed by atoms with Crippen LogP contribution in [0.25, 0.3) is 20.9 Å². The van der Waals surface area contributed by atoms with Crippen LogP contribution < -0.4 is 24.8 Å². The summed E-state index contributed by atoms with van der Waals surface area (Å²) in [7, 11) is 0.